The molecule has 68 valence electrons. The van der Waals surface area contributed by atoms with Gasteiger partial charge >= 0.3 is 0 Å². The first kappa shape index (κ1) is 7.37. The van der Waals surface area contributed by atoms with Gasteiger partial charge in [0, 0.05) is 0 Å². The maximum atomic E-state index is 5.81. The fourth-order valence-electron chi connectivity index (χ4n) is 4.12. The van der Waals surface area contributed by atoms with Gasteiger partial charge in [0.25, 0.3) is 0 Å². The topological polar surface area (TPSA) is 12.5 Å². The van der Waals surface area contributed by atoms with Crippen molar-refractivity contribution in [1.82, 2.24) is 0 Å². The summed E-state index contributed by atoms with van der Waals surface area (Å²) in [5.41, 5.74) is 1.28. The van der Waals surface area contributed by atoms with Crippen LogP contribution < -0.4 is 0 Å². The molecule has 2 bridgehead atoms. The summed E-state index contributed by atoms with van der Waals surface area (Å²) < 4.78 is 5.81. The summed E-state index contributed by atoms with van der Waals surface area (Å²) in [6.45, 7) is 8.30. The number of fused-ring (bicyclic) bond motifs is 3. The summed E-state index contributed by atoms with van der Waals surface area (Å²) in [5, 5.41) is 0. The molecule has 0 N–H and O–H groups in total. The molecule has 0 unspecified atom stereocenters. The highest BCUT2D eigenvalue weighted by molar-refractivity contribution is 5.24. The minimum absolute atomic E-state index is 0.295. The standard InChI is InChI=1S/C11H18O/c1-9(2)8-4-5-10(3,6-8)11(9)7-12-11/h8H,4-7H2,1-3H3/t8-,10+,11-/m0/s1. The van der Waals surface area contributed by atoms with Gasteiger partial charge in [0.1, 0.15) is 5.60 Å². The highest BCUT2D eigenvalue weighted by atomic mass is 16.6. The second-order valence-corrected chi connectivity index (χ2v) is 5.84. The van der Waals surface area contributed by atoms with Crippen LogP contribution in [0.3, 0.4) is 0 Å². The fourth-order valence-corrected chi connectivity index (χ4v) is 4.12. The predicted octanol–water partition coefficient (Wildman–Crippen LogP) is 2.60. The van der Waals surface area contributed by atoms with Gasteiger partial charge in [-0.3, -0.25) is 0 Å². The van der Waals surface area contributed by atoms with Gasteiger partial charge in [0.15, 0.2) is 0 Å². The third-order valence-corrected chi connectivity index (χ3v) is 5.21. The molecule has 0 amide bonds. The van der Waals surface area contributed by atoms with Crippen molar-refractivity contribution in [3.05, 3.63) is 0 Å². The van der Waals surface area contributed by atoms with E-state index in [0.717, 1.165) is 12.5 Å². The summed E-state index contributed by atoms with van der Waals surface area (Å²) in [6, 6.07) is 0. The molecule has 0 aromatic carbocycles. The lowest BCUT2D eigenvalue weighted by atomic mass is 9.64. The van der Waals surface area contributed by atoms with E-state index in [1.165, 1.54) is 19.3 Å². The summed E-state index contributed by atoms with van der Waals surface area (Å²) in [5.74, 6) is 0.935. The van der Waals surface area contributed by atoms with Crippen molar-refractivity contribution in [3.8, 4) is 0 Å². The van der Waals surface area contributed by atoms with Gasteiger partial charge in [-0.2, -0.15) is 0 Å². The maximum absolute atomic E-state index is 5.81. The highest BCUT2D eigenvalue weighted by Crippen LogP contribution is 2.73. The van der Waals surface area contributed by atoms with E-state index >= 15 is 0 Å². The molecule has 3 atom stereocenters. The number of hydrogen-bond donors (Lipinski definition) is 0. The normalized spacial score (nSPS) is 59.8. The van der Waals surface area contributed by atoms with Crippen molar-refractivity contribution < 1.29 is 4.74 Å². The Hall–Kier alpha value is -0.0400. The van der Waals surface area contributed by atoms with E-state index in [2.05, 4.69) is 20.8 Å². The lowest BCUT2D eigenvalue weighted by Gasteiger charge is -2.40. The molecule has 1 spiro atoms. The Labute approximate surface area is 74.5 Å². The summed E-state index contributed by atoms with van der Waals surface area (Å²) in [7, 11) is 0. The summed E-state index contributed by atoms with van der Waals surface area (Å²) in [4.78, 5) is 0. The molecule has 2 saturated carbocycles. The zero-order chi connectivity index (χ0) is 8.61. The third kappa shape index (κ3) is 0.501. The van der Waals surface area contributed by atoms with Gasteiger partial charge in [-0.1, -0.05) is 20.8 Å². The molecule has 12 heavy (non-hydrogen) atoms. The Balaban J connectivity index is 2.11. The molecular weight excluding hydrogens is 148 g/mol. The zero-order valence-corrected chi connectivity index (χ0v) is 8.31. The number of rotatable bonds is 0. The van der Waals surface area contributed by atoms with Crippen LogP contribution >= 0.6 is 0 Å². The third-order valence-electron chi connectivity index (χ3n) is 5.21. The minimum atomic E-state index is 0.295. The molecule has 1 heterocycles. The first-order chi connectivity index (χ1) is 5.52. The molecule has 1 heteroatoms. The van der Waals surface area contributed by atoms with Crippen molar-refractivity contribution in [2.45, 2.75) is 45.6 Å². The van der Waals surface area contributed by atoms with Gasteiger partial charge < -0.3 is 4.74 Å². The highest BCUT2D eigenvalue weighted by Gasteiger charge is 2.75. The van der Waals surface area contributed by atoms with E-state index in [1.807, 2.05) is 0 Å². The molecule has 1 nitrogen and oxygen atoms in total. The Kier molecular flexibility index (Phi) is 0.991. The second-order valence-electron chi connectivity index (χ2n) is 5.84. The van der Waals surface area contributed by atoms with Crippen molar-refractivity contribution in [2.24, 2.45) is 16.7 Å². The van der Waals surface area contributed by atoms with E-state index in [-0.39, 0.29) is 0 Å². The molecule has 3 rings (SSSR count). The smallest absolute Gasteiger partial charge is 0.102 e. The number of hydrogen-bond acceptors (Lipinski definition) is 1. The van der Waals surface area contributed by atoms with Crippen LogP contribution in [0.15, 0.2) is 0 Å². The molecule has 0 aromatic heterocycles. The molecule has 3 aliphatic rings. The van der Waals surface area contributed by atoms with E-state index in [9.17, 15) is 0 Å². The Morgan fingerprint density at radius 2 is 1.92 bits per heavy atom. The monoisotopic (exact) mass is 166 g/mol. The molecule has 1 saturated heterocycles. The molecular formula is C11H18O. The number of ether oxygens (including phenoxy) is 1. The molecule has 0 aromatic rings. The van der Waals surface area contributed by atoms with Crippen molar-refractivity contribution >= 4 is 0 Å². The molecule has 1 aliphatic heterocycles. The quantitative estimate of drug-likeness (QED) is 0.504. The predicted molar refractivity (Wildman–Crippen MR) is 47.9 cm³/mol. The molecule has 2 aliphatic carbocycles. The Bertz CT molecular complexity index is 233. The van der Waals surface area contributed by atoms with E-state index in [4.69, 9.17) is 4.74 Å². The average Bonchev–Trinajstić information content (AvgIpc) is 2.68. The maximum Gasteiger partial charge on any atom is 0.102 e. The van der Waals surface area contributed by atoms with Gasteiger partial charge in [-0.15, -0.1) is 0 Å². The second kappa shape index (κ2) is 1.61. The van der Waals surface area contributed by atoms with Crippen LogP contribution in [0.2, 0.25) is 0 Å². The fraction of sp³-hybridized carbons (Fsp3) is 1.00. The average molecular weight is 166 g/mol. The zero-order valence-electron chi connectivity index (χ0n) is 8.31. The van der Waals surface area contributed by atoms with E-state index in [1.54, 1.807) is 0 Å². The van der Waals surface area contributed by atoms with Crippen LogP contribution in [0.25, 0.3) is 0 Å². The van der Waals surface area contributed by atoms with Crippen molar-refractivity contribution in [3.63, 3.8) is 0 Å². The lowest BCUT2D eigenvalue weighted by Crippen LogP contribution is -2.43. The van der Waals surface area contributed by atoms with Gasteiger partial charge in [-0.05, 0) is 36.0 Å². The summed E-state index contributed by atoms with van der Waals surface area (Å²) >= 11 is 0. The van der Waals surface area contributed by atoms with Crippen LogP contribution in [0.4, 0.5) is 0 Å². The van der Waals surface area contributed by atoms with Crippen LogP contribution in [-0.2, 0) is 4.74 Å². The SMILES string of the molecule is CC1(C)[C@H]2CC[C@](C)(C2)[C@]12CO2. The van der Waals surface area contributed by atoms with Crippen LogP contribution in [-0.4, -0.2) is 12.2 Å². The summed E-state index contributed by atoms with van der Waals surface area (Å²) in [6.07, 6.45) is 4.26. The minimum Gasteiger partial charge on any atom is -0.368 e. The van der Waals surface area contributed by atoms with E-state index in [0.29, 0.717) is 16.4 Å². The van der Waals surface area contributed by atoms with Gasteiger partial charge in [0.2, 0.25) is 0 Å². The van der Waals surface area contributed by atoms with Gasteiger partial charge in [0.05, 0.1) is 6.61 Å². The van der Waals surface area contributed by atoms with Gasteiger partial charge in [-0.25, -0.2) is 0 Å². The van der Waals surface area contributed by atoms with Crippen LogP contribution in [0.5, 0.6) is 0 Å². The molecule has 3 fully saturated rings. The van der Waals surface area contributed by atoms with Crippen LogP contribution in [0.1, 0.15) is 40.0 Å². The van der Waals surface area contributed by atoms with E-state index < -0.39 is 0 Å². The largest absolute Gasteiger partial charge is 0.368 e. The Morgan fingerprint density at radius 1 is 1.25 bits per heavy atom. The van der Waals surface area contributed by atoms with Crippen molar-refractivity contribution in [2.75, 3.05) is 6.61 Å². The number of epoxide rings is 1. The Morgan fingerprint density at radius 3 is 2.25 bits per heavy atom. The lowest BCUT2D eigenvalue weighted by molar-refractivity contribution is 0.0305. The van der Waals surface area contributed by atoms with Crippen LogP contribution in [0, 0.1) is 16.7 Å². The van der Waals surface area contributed by atoms with Crippen molar-refractivity contribution in [1.29, 1.82) is 0 Å². The first-order valence-corrected chi connectivity index (χ1v) is 5.16. The first-order valence-electron chi connectivity index (χ1n) is 5.16. The molecule has 0 radical (unpaired) electrons.